The van der Waals surface area contributed by atoms with Gasteiger partial charge in [-0.1, -0.05) is 31.3 Å². The molecular weight excluding hydrogens is 391 g/mol. The first-order chi connectivity index (χ1) is 13.3. The summed E-state index contributed by atoms with van der Waals surface area (Å²) in [5.41, 5.74) is 1.15. The van der Waals surface area contributed by atoms with Crippen molar-refractivity contribution in [3.63, 3.8) is 0 Å². The molecule has 0 aliphatic heterocycles. The number of carbonyl (C=O) groups is 1. The zero-order valence-electron chi connectivity index (χ0n) is 15.2. The maximum atomic E-state index is 14.0. The Morgan fingerprint density at radius 1 is 1.29 bits per heavy atom. The molecule has 5 nitrogen and oxygen atoms in total. The van der Waals surface area contributed by atoms with Crippen LogP contribution in [-0.4, -0.2) is 15.6 Å². The van der Waals surface area contributed by atoms with E-state index in [9.17, 15) is 18.0 Å². The number of aromatic nitrogens is 2. The van der Waals surface area contributed by atoms with Gasteiger partial charge in [-0.3, -0.25) is 5.32 Å². The van der Waals surface area contributed by atoms with Crippen LogP contribution in [-0.2, 0) is 13.0 Å². The fourth-order valence-corrected chi connectivity index (χ4v) is 3.22. The van der Waals surface area contributed by atoms with E-state index in [1.807, 2.05) is 13.8 Å². The first kappa shape index (κ1) is 19.9. The molecule has 0 atom stereocenters. The monoisotopic (exact) mass is 409 g/mol. The minimum absolute atomic E-state index is 0.0543. The van der Waals surface area contributed by atoms with Crippen molar-refractivity contribution < 1.29 is 22.7 Å². The van der Waals surface area contributed by atoms with Crippen LogP contribution in [0.2, 0.25) is 0 Å². The van der Waals surface area contributed by atoms with Crippen LogP contribution in [0.1, 0.15) is 25.0 Å². The van der Waals surface area contributed by atoms with Gasteiger partial charge in [-0.05, 0) is 24.0 Å². The highest BCUT2D eigenvalue weighted by molar-refractivity contribution is 7.14. The number of nitrogens with zero attached hydrogens (tertiary/aromatic N) is 2. The number of ether oxygens (including phenoxy) is 1. The van der Waals surface area contributed by atoms with E-state index in [1.165, 1.54) is 12.1 Å². The molecule has 0 fully saturated rings. The van der Waals surface area contributed by atoms with Gasteiger partial charge in [-0.25, -0.2) is 18.6 Å². The van der Waals surface area contributed by atoms with Crippen LogP contribution in [0.5, 0.6) is 5.88 Å². The SMILES string of the molecule is CC(C)Cc1cc(OC(=O)Nc2ncc(F)s2)n(Cc2ccc(F)cc2F)c1. The summed E-state index contributed by atoms with van der Waals surface area (Å²) in [6, 6.07) is 5.00. The summed E-state index contributed by atoms with van der Waals surface area (Å²) in [6.45, 7) is 4.14. The van der Waals surface area contributed by atoms with Gasteiger partial charge in [0.05, 0.1) is 12.7 Å². The number of halogens is 3. The lowest BCUT2D eigenvalue weighted by Gasteiger charge is -2.10. The van der Waals surface area contributed by atoms with Gasteiger partial charge in [0.15, 0.2) is 10.3 Å². The molecule has 3 rings (SSSR count). The molecule has 1 amide bonds. The number of nitrogens with one attached hydrogen (secondary N) is 1. The van der Waals surface area contributed by atoms with Crippen molar-refractivity contribution in [1.82, 2.24) is 9.55 Å². The summed E-state index contributed by atoms with van der Waals surface area (Å²) >= 11 is 0.669. The minimum Gasteiger partial charge on any atom is -0.393 e. The molecule has 2 aromatic heterocycles. The lowest BCUT2D eigenvalue weighted by atomic mass is 10.1. The highest BCUT2D eigenvalue weighted by Gasteiger charge is 2.16. The van der Waals surface area contributed by atoms with Crippen LogP contribution >= 0.6 is 11.3 Å². The average molecular weight is 409 g/mol. The molecule has 0 unspecified atom stereocenters. The van der Waals surface area contributed by atoms with Crippen molar-refractivity contribution in [1.29, 1.82) is 0 Å². The van der Waals surface area contributed by atoms with E-state index in [1.54, 1.807) is 16.8 Å². The van der Waals surface area contributed by atoms with Gasteiger partial charge in [0, 0.05) is 23.9 Å². The van der Waals surface area contributed by atoms with E-state index < -0.39 is 22.9 Å². The third kappa shape index (κ3) is 5.13. The van der Waals surface area contributed by atoms with Crippen LogP contribution in [0.4, 0.5) is 23.1 Å². The maximum Gasteiger partial charge on any atom is 0.420 e. The summed E-state index contributed by atoms with van der Waals surface area (Å²) in [4.78, 5) is 15.8. The van der Waals surface area contributed by atoms with Crippen molar-refractivity contribution >= 4 is 22.6 Å². The van der Waals surface area contributed by atoms with Gasteiger partial charge in [0.25, 0.3) is 0 Å². The molecule has 0 saturated heterocycles. The van der Waals surface area contributed by atoms with E-state index in [0.717, 1.165) is 24.2 Å². The third-order valence-electron chi connectivity index (χ3n) is 3.80. The predicted molar refractivity (Wildman–Crippen MR) is 100 cm³/mol. The Morgan fingerprint density at radius 3 is 2.71 bits per heavy atom. The minimum atomic E-state index is -0.843. The molecule has 0 radical (unpaired) electrons. The van der Waals surface area contributed by atoms with Gasteiger partial charge < -0.3 is 9.30 Å². The zero-order chi connectivity index (χ0) is 20.3. The average Bonchev–Trinajstić information content (AvgIpc) is 3.15. The number of benzene rings is 1. The Kier molecular flexibility index (Phi) is 6.03. The second-order valence-corrected chi connectivity index (χ2v) is 7.61. The fraction of sp³-hybridized carbons (Fsp3) is 0.263. The summed E-state index contributed by atoms with van der Waals surface area (Å²) in [5.74, 6) is -0.805. The van der Waals surface area contributed by atoms with E-state index >= 15 is 0 Å². The van der Waals surface area contributed by atoms with Crippen LogP contribution in [0, 0.1) is 22.7 Å². The number of carbonyl (C=O) groups excluding carboxylic acids is 1. The number of amides is 1. The number of anilines is 1. The van der Waals surface area contributed by atoms with Gasteiger partial charge in [0.1, 0.15) is 11.6 Å². The number of hydrogen-bond acceptors (Lipinski definition) is 4. The Bertz CT molecular complexity index is 985. The van der Waals surface area contributed by atoms with Crippen molar-refractivity contribution in [2.75, 3.05) is 5.32 Å². The summed E-state index contributed by atoms with van der Waals surface area (Å²) in [6.07, 6.45) is 2.63. The predicted octanol–water partition coefficient (Wildman–Crippen LogP) is 5.22. The quantitative estimate of drug-likeness (QED) is 0.607. The lowest BCUT2D eigenvalue weighted by Crippen LogP contribution is -2.18. The van der Waals surface area contributed by atoms with Crippen molar-refractivity contribution in [3.8, 4) is 5.88 Å². The number of thiazole rings is 1. The van der Waals surface area contributed by atoms with Crippen LogP contribution in [0.15, 0.2) is 36.7 Å². The van der Waals surface area contributed by atoms with Crippen molar-refractivity contribution in [3.05, 3.63) is 64.6 Å². The fourth-order valence-electron chi connectivity index (χ4n) is 2.69. The summed E-state index contributed by atoms with van der Waals surface area (Å²) in [7, 11) is 0. The van der Waals surface area contributed by atoms with Gasteiger partial charge in [-0.15, -0.1) is 0 Å². The first-order valence-corrected chi connectivity index (χ1v) is 9.35. The number of rotatable bonds is 6. The smallest absolute Gasteiger partial charge is 0.393 e. The summed E-state index contributed by atoms with van der Waals surface area (Å²) in [5, 5.41) is 1.87. The Balaban J connectivity index is 1.81. The van der Waals surface area contributed by atoms with Gasteiger partial charge >= 0.3 is 6.09 Å². The van der Waals surface area contributed by atoms with Crippen LogP contribution in [0.3, 0.4) is 0 Å². The highest BCUT2D eigenvalue weighted by Crippen LogP contribution is 2.23. The molecule has 148 valence electrons. The van der Waals surface area contributed by atoms with Crippen molar-refractivity contribution in [2.24, 2.45) is 5.92 Å². The van der Waals surface area contributed by atoms with E-state index in [2.05, 4.69) is 10.3 Å². The standard InChI is InChI=1S/C19H18F3N3O2S/c1-11(2)5-12-6-17(27-19(26)24-18-23-8-16(22)28-18)25(9-12)10-13-3-4-14(20)7-15(13)21/h3-4,6-9,11H,5,10H2,1-2H3,(H,23,24,26). The largest absolute Gasteiger partial charge is 0.420 e. The molecule has 9 heteroatoms. The molecule has 2 heterocycles. The topological polar surface area (TPSA) is 56.1 Å². The Labute approximate surface area is 163 Å². The Hall–Kier alpha value is -2.81. The van der Waals surface area contributed by atoms with Gasteiger partial charge in [0.2, 0.25) is 5.88 Å². The van der Waals surface area contributed by atoms with E-state index in [0.29, 0.717) is 17.3 Å². The molecule has 1 N–H and O–H groups in total. The molecule has 0 saturated carbocycles. The maximum absolute atomic E-state index is 14.0. The molecular formula is C19H18F3N3O2S. The normalized spacial score (nSPS) is 11.1. The first-order valence-electron chi connectivity index (χ1n) is 8.53. The zero-order valence-corrected chi connectivity index (χ0v) is 16.0. The molecule has 0 bridgehead atoms. The lowest BCUT2D eigenvalue weighted by molar-refractivity contribution is 0.211. The highest BCUT2D eigenvalue weighted by atomic mass is 32.1. The van der Waals surface area contributed by atoms with Crippen LogP contribution < -0.4 is 10.1 Å². The molecule has 0 spiro atoms. The molecule has 0 aliphatic carbocycles. The third-order valence-corrected chi connectivity index (χ3v) is 4.50. The second kappa shape index (κ2) is 8.47. The van der Waals surface area contributed by atoms with Gasteiger partial charge in [-0.2, -0.15) is 4.39 Å². The summed E-state index contributed by atoms with van der Waals surface area (Å²) < 4.78 is 47.0. The van der Waals surface area contributed by atoms with Crippen LogP contribution in [0.25, 0.3) is 0 Å². The van der Waals surface area contributed by atoms with E-state index in [-0.39, 0.29) is 23.1 Å². The molecule has 3 aromatic rings. The molecule has 28 heavy (non-hydrogen) atoms. The second-order valence-electron chi connectivity index (χ2n) is 6.63. The van der Waals surface area contributed by atoms with E-state index in [4.69, 9.17) is 4.74 Å². The molecule has 0 aliphatic rings. The number of hydrogen-bond donors (Lipinski definition) is 1. The Morgan fingerprint density at radius 2 is 2.07 bits per heavy atom. The molecule has 1 aromatic carbocycles. The van der Waals surface area contributed by atoms with Crippen molar-refractivity contribution in [2.45, 2.75) is 26.8 Å².